The molecule has 10 nitrogen and oxygen atoms in total. The van der Waals surface area contributed by atoms with Crippen LogP contribution in [0.15, 0.2) is 78.9 Å². The molecule has 11 heteroatoms. The number of ether oxygens (including phenoxy) is 3. The summed E-state index contributed by atoms with van der Waals surface area (Å²) in [5.74, 6) is 2.32. The Balaban J connectivity index is 1.11. The highest BCUT2D eigenvalue weighted by Gasteiger charge is 2.27. The van der Waals surface area contributed by atoms with Crippen molar-refractivity contribution in [2.75, 3.05) is 51.5 Å². The number of carbonyl (C=O) groups excluding carboxylic acids is 2. The summed E-state index contributed by atoms with van der Waals surface area (Å²) >= 11 is 6.36. The minimum absolute atomic E-state index is 0.0897. The zero-order chi connectivity index (χ0) is 29.8. The first-order chi connectivity index (χ1) is 21.0. The summed E-state index contributed by atoms with van der Waals surface area (Å²) in [6.45, 7) is 2.46. The van der Waals surface area contributed by atoms with Crippen LogP contribution in [-0.4, -0.2) is 78.4 Å². The summed E-state index contributed by atoms with van der Waals surface area (Å²) in [7, 11) is 1.63. The van der Waals surface area contributed by atoms with Gasteiger partial charge in [-0.15, -0.1) is 10.2 Å². The van der Waals surface area contributed by atoms with Crippen LogP contribution in [0.5, 0.6) is 17.2 Å². The molecule has 0 atom stereocenters. The number of carbonyl (C=O) groups is 2. The number of rotatable bonds is 8. The number of piperazine rings is 1. The standard InChI is InChI=1S/C32H30ClN5O5/c1-41-24-6-4-5-23(18-24)27-10-12-30(35-34-27)36-13-15-37(16-14-36)31(39)20-38(32(40)25-7-2-3-8-26(25)33)19-22-9-11-28-29(17-22)43-21-42-28/h2-12,17-18H,13-16,19-21H2,1H3. The summed E-state index contributed by atoms with van der Waals surface area (Å²) in [4.78, 5) is 32.5. The summed E-state index contributed by atoms with van der Waals surface area (Å²) in [6, 6.07) is 23.9. The van der Waals surface area contributed by atoms with Crippen LogP contribution in [0.2, 0.25) is 5.02 Å². The highest BCUT2D eigenvalue weighted by molar-refractivity contribution is 6.33. The third kappa shape index (κ3) is 6.34. The smallest absolute Gasteiger partial charge is 0.256 e. The second-order valence-electron chi connectivity index (χ2n) is 10.2. The second kappa shape index (κ2) is 12.6. The summed E-state index contributed by atoms with van der Waals surface area (Å²) in [6.07, 6.45) is 0. The minimum Gasteiger partial charge on any atom is -0.497 e. The SMILES string of the molecule is COc1cccc(-c2ccc(N3CCN(C(=O)CN(Cc4ccc5c(c4)OCO5)C(=O)c4ccccc4Cl)CC3)nn2)c1. The van der Waals surface area contributed by atoms with Crippen LogP contribution in [-0.2, 0) is 11.3 Å². The van der Waals surface area contributed by atoms with Crippen LogP contribution in [0.1, 0.15) is 15.9 Å². The first-order valence-electron chi connectivity index (χ1n) is 13.9. The maximum atomic E-state index is 13.6. The minimum atomic E-state index is -0.318. The van der Waals surface area contributed by atoms with Gasteiger partial charge in [0.25, 0.3) is 5.91 Å². The predicted molar refractivity (Wildman–Crippen MR) is 162 cm³/mol. The molecule has 1 aromatic heterocycles. The van der Waals surface area contributed by atoms with E-state index in [1.807, 2.05) is 54.6 Å². The van der Waals surface area contributed by atoms with E-state index in [0.29, 0.717) is 48.3 Å². The fraction of sp³-hybridized carbons (Fsp3) is 0.250. The van der Waals surface area contributed by atoms with E-state index in [-0.39, 0.29) is 31.7 Å². The lowest BCUT2D eigenvalue weighted by molar-refractivity contribution is -0.132. The molecule has 0 bridgehead atoms. The van der Waals surface area contributed by atoms with Gasteiger partial charge in [-0.2, -0.15) is 0 Å². The quantitative estimate of drug-likeness (QED) is 0.292. The van der Waals surface area contributed by atoms with E-state index in [1.165, 1.54) is 4.90 Å². The molecule has 220 valence electrons. The molecule has 2 amide bonds. The molecule has 2 aliphatic rings. The van der Waals surface area contributed by atoms with E-state index < -0.39 is 0 Å². The molecule has 0 spiro atoms. The average Bonchev–Trinajstić information content (AvgIpc) is 3.53. The van der Waals surface area contributed by atoms with Gasteiger partial charge >= 0.3 is 0 Å². The molecule has 4 aromatic rings. The third-order valence-electron chi connectivity index (χ3n) is 7.50. The number of amides is 2. The molecular formula is C32H30ClN5O5. The number of benzene rings is 3. The molecular weight excluding hydrogens is 570 g/mol. The largest absolute Gasteiger partial charge is 0.497 e. The molecule has 0 radical (unpaired) electrons. The van der Waals surface area contributed by atoms with Crippen LogP contribution in [0.25, 0.3) is 11.3 Å². The molecule has 0 aliphatic carbocycles. The lowest BCUT2D eigenvalue weighted by Crippen LogP contribution is -2.52. The first kappa shape index (κ1) is 28.3. The van der Waals surface area contributed by atoms with E-state index in [2.05, 4.69) is 15.1 Å². The van der Waals surface area contributed by atoms with Crippen molar-refractivity contribution in [3.8, 4) is 28.5 Å². The number of hydrogen-bond donors (Lipinski definition) is 0. The van der Waals surface area contributed by atoms with E-state index >= 15 is 0 Å². The van der Waals surface area contributed by atoms with E-state index in [4.69, 9.17) is 25.8 Å². The van der Waals surface area contributed by atoms with Gasteiger partial charge in [0.15, 0.2) is 17.3 Å². The van der Waals surface area contributed by atoms with Crippen molar-refractivity contribution in [1.82, 2.24) is 20.0 Å². The van der Waals surface area contributed by atoms with Crippen molar-refractivity contribution in [2.24, 2.45) is 0 Å². The number of hydrogen-bond acceptors (Lipinski definition) is 8. The Labute approximate surface area is 254 Å². The average molecular weight is 600 g/mol. The first-order valence-corrected chi connectivity index (χ1v) is 14.3. The zero-order valence-electron chi connectivity index (χ0n) is 23.6. The van der Waals surface area contributed by atoms with Crippen molar-refractivity contribution >= 4 is 29.2 Å². The molecule has 0 saturated carbocycles. The topological polar surface area (TPSA) is 97.3 Å². The van der Waals surface area contributed by atoms with Crippen LogP contribution in [0, 0.1) is 0 Å². The molecule has 1 fully saturated rings. The van der Waals surface area contributed by atoms with Crippen molar-refractivity contribution in [2.45, 2.75) is 6.54 Å². The third-order valence-corrected chi connectivity index (χ3v) is 7.83. The number of halogens is 1. The Bertz CT molecular complexity index is 1620. The monoisotopic (exact) mass is 599 g/mol. The predicted octanol–water partition coefficient (Wildman–Crippen LogP) is 4.53. The fourth-order valence-corrected chi connectivity index (χ4v) is 5.36. The lowest BCUT2D eigenvalue weighted by atomic mass is 10.1. The van der Waals surface area contributed by atoms with Gasteiger partial charge in [-0.1, -0.05) is 41.9 Å². The van der Waals surface area contributed by atoms with Crippen molar-refractivity contribution in [1.29, 1.82) is 0 Å². The fourth-order valence-electron chi connectivity index (χ4n) is 5.14. The molecule has 3 heterocycles. The van der Waals surface area contributed by atoms with Crippen LogP contribution >= 0.6 is 11.6 Å². The van der Waals surface area contributed by atoms with Gasteiger partial charge in [-0.05, 0) is 54.1 Å². The van der Waals surface area contributed by atoms with E-state index in [9.17, 15) is 9.59 Å². The summed E-state index contributed by atoms with van der Waals surface area (Å²) < 4.78 is 16.2. The number of anilines is 1. The second-order valence-corrected chi connectivity index (χ2v) is 10.6. The Morgan fingerprint density at radius 2 is 1.72 bits per heavy atom. The van der Waals surface area contributed by atoms with Crippen molar-refractivity contribution in [3.63, 3.8) is 0 Å². The molecule has 0 N–H and O–H groups in total. The van der Waals surface area contributed by atoms with Crippen LogP contribution in [0.4, 0.5) is 5.82 Å². The molecule has 0 unspecified atom stereocenters. The van der Waals surface area contributed by atoms with Gasteiger partial charge < -0.3 is 28.9 Å². The van der Waals surface area contributed by atoms with Crippen molar-refractivity contribution in [3.05, 3.63) is 95.0 Å². The Hall–Kier alpha value is -4.83. The number of aromatic nitrogens is 2. The molecule has 2 aliphatic heterocycles. The van der Waals surface area contributed by atoms with Crippen molar-refractivity contribution < 1.29 is 23.8 Å². The van der Waals surface area contributed by atoms with E-state index in [0.717, 1.165) is 28.4 Å². The molecule has 6 rings (SSSR count). The number of methoxy groups -OCH3 is 1. The Morgan fingerprint density at radius 3 is 2.49 bits per heavy atom. The zero-order valence-corrected chi connectivity index (χ0v) is 24.4. The molecule has 3 aromatic carbocycles. The van der Waals surface area contributed by atoms with Gasteiger partial charge in [-0.25, -0.2) is 0 Å². The van der Waals surface area contributed by atoms with Gasteiger partial charge in [0.1, 0.15) is 12.3 Å². The van der Waals surface area contributed by atoms with Crippen LogP contribution in [0.3, 0.4) is 0 Å². The van der Waals surface area contributed by atoms with Crippen LogP contribution < -0.4 is 19.1 Å². The normalized spacial score (nSPS) is 14.0. The summed E-state index contributed by atoms with van der Waals surface area (Å²) in [5.41, 5.74) is 2.84. The van der Waals surface area contributed by atoms with Gasteiger partial charge in [0.05, 0.1) is 23.4 Å². The highest BCUT2D eigenvalue weighted by atomic mass is 35.5. The van der Waals surface area contributed by atoms with Gasteiger partial charge in [0, 0.05) is 38.3 Å². The Kier molecular flexibility index (Phi) is 8.28. The molecule has 43 heavy (non-hydrogen) atoms. The van der Waals surface area contributed by atoms with Gasteiger partial charge in [-0.3, -0.25) is 9.59 Å². The number of nitrogens with zero attached hydrogens (tertiary/aromatic N) is 5. The maximum absolute atomic E-state index is 13.6. The molecule has 1 saturated heterocycles. The maximum Gasteiger partial charge on any atom is 0.256 e. The summed E-state index contributed by atoms with van der Waals surface area (Å²) in [5, 5.41) is 9.18. The lowest BCUT2D eigenvalue weighted by Gasteiger charge is -2.36. The number of fused-ring (bicyclic) bond motifs is 1. The van der Waals surface area contributed by atoms with Gasteiger partial charge in [0.2, 0.25) is 12.7 Å². The highest BCUT2D eigenvalue weighted by Crippen LogP contribution is 2.33. The van der Waals surface area contributed by atoms with E-state index in [1.54, 1.807) is 36.3 Å². The Morgan fingerprint density at radius 1 is 0.907 bits per heavy atom.